The van der Waals surface area contributed by atoms with Crippen molar-refractivity contribution in [2.45, 2.75) is 38.3 Å². The number of nitrogens with zero attached hydrogens (tertiary/aromatic N) is 3. The van der Waals surface area contributed by atoms with Gasteiger partial charge >= 0.3 is 0 Å². The van der Waals surface area contributed by atoms with Gasteiger partial charge in [0, 0.05) is 17.3 Å². The van der Waals surface area contributed by atoms with Crippen LogP contribution in [0.2, 0.25) is 0 Å². The van der Waals surface area contributed by atoms with E-state index in [1.165, 1.54) is 24.2 Å². The highest BCUT2D eigenvalue weighted by molar-refractivity contribution is 7.10. The van der Waals surface area contributed by atoms with Crippen LogP contribution in [0.3, 0.4) is 0 Å². The topological polar surface area (TPSA) is 38.1 Å². The summed E-state index contributed by atoms with van der Waals surface area (Å²) in [6.45, 7) is 2.32. The number of aromatic nitrogens is 2. The highest BCUT2D eigenvalue weighted by Gasteiger charge is 2.29. The van der Waals surface area contributed by atoms with E-state index in [0.717, 1.165) is 18.0 Å². The molecule has 0 unspecified atom stereocenters. The Morgan fingerprint density at radius 2 is 2.30 bits per heavy atom. The molecule has 2 aromatic rings. The Hall–Kier alpha value is -1.62. The van der Waals surface area contributed by atoms with E-state index >= 15 is 0 Å². The molecule has 1 aliphatic heterocycles. The fourth-order valence-corrected chi connectivity index (χ4v) is 3.45. The third kappa shape index (κ3) is 2.26. The maximum Gasteiger partial charge on any atom is 0.228 e. The minimum Gasteiger partial charge on any atom is -0.335 e. The van der Waals surface area contributed by atoms with E-state index in [-0.39, 0.29) is 5.91 Å². The monoisotopic (exact) mass is 287 g/mol. The fraction of sp³-hybridized carbons (Fsp3) is 0.467. The van der Waals surface area contributed by atoms with Crippen molar-refractivity contribution in [3.63, 3.8) is 0 Å². The fourth-order valence-electron chi connectivity index (χ4n) is 2.75. The Morgan fingerprint density at radius 1 is 1.40 bits per heavy atom. The first kappa shape index (κ1) is 12.1. The van der Waals surface area contributed by atoms with Gasteiger partial charge in [-0.05, 0) is 30.4 Å². The van der Waals surface area contributed by atoms with E-state index in [9.17, 15) is 4.79 Å². The summed E-state index contributed by atoms with van der Waals surface area (Å²) < 4.78 is 2.09. The van der Waals surface area contributed by atoms with Gasteiger partial charge in [0.15, 0.2) is 0 Å². The van der Waals surface area contributed by atoms with Gasteiger partial charge in [-0.25, -0.2) is 0 Å². The standard InChI is InChI=1S/C15H17N3OS/c19-15(9-13-2-1-7-20-13)17-5-6-18-12(10-17)8-14(16-18)11-3-4-11/h1-2,7-8,11H,3-6,9-10H2. The molecular weight excluding hydrogens is 270 g/mol. The number of fused-ring (bicyclic) bond motifs is 1. The molecule has 1 fully saturated rings. The van der Waals surface area contributed by atoms with Crippen molar-refractivity contribution in [3.05, 3.63) is 39.8 Å². The number of hydrogen-bond acceptors (Lipinski definition) is 3. The average Bonchev–Trinajstić information content (AvgIpc) is 3.01. The largest absolute Gasteiger partial charge is 0.335 e. The first-order chi connectivity index (χ1) is 9.79. The van der Waals surface area contributed by atoms with E-state index < -0.39 is 0 Å². The molecule has 2 aliphatic rings. The molecule has 0 radical (unpaired) electrons. The molecule has 3 heterocycles. The Bertz CT molecular complexity index is 628. The van der Waals surface area contributed by atoms with Crippen LogP contribution in [0.5, 0.6) is 0 Å². The quantitative estimate of drug-likeness (QED) is 0.869. The van der Waals surface area contributed by atoms with E-state index in [1.807, 2.05) is 22.4 Å². The van der Waals surface area contributed by atoms with E-state index in [0.29, 0.717) is 18.9 Å². The van der Waals surface area contributed by atoms with Crippen LogP contribution < -0.4 is 0 Å². The summed E-state index contributed by atoms with van der Waals surface area (Å²) in [6.07, 6.45) is 3.08. The zero-order chi connectivity index (χ0) is 13.5. The highest BCUT2D eigenvalue weighted by Crippen LogP contribution is 2.39. The summed E-state index contributed by atoms with van der Waals surface area (Å²) in [5, 5.41) is 6.69. The molecule has 1 aliphatic carbocycles. The molecule has 4 rings (SSSR count). The van der Waals surface area contributed by atoms with E-state index in [1.54, 1.807) is 11.3 Å². The summed E-state index contributed by atoms with van der Waals surface area (Å²) in [4.78, 5) is 15.4. The number of carbonyl (C=O) groups is 1. The molecule has 104 valence electrons. The first-order valence-corrected chi connectivity index (χ1v) is 8.04. The SMILES string of the molecule is O=C(Cc1cccs1)N1CCn2nc(C3CC3)cc2C1. The Morgan fingerprint density at radius 3 is 3.05 bits per heavy atom. The van der Waals surface area contributed by atoms with Crippen LogP contribution in [0.25, 0.3) is 0 Å². The van der Waals surface area contributed by atoms with Gasteiger partial charge in [-0.2, -0.15) is 5.10 Å². The molecule has 4 nitrogen and oxygen atoms in total. The number of amides is 1. The molecule has 1 amide bonds. The number of carbonyl (C=O) groups excluding carboxylic acids is 1. The average molecular weight is 287 g/mol. The van der Waals surface area contributed by atoms with E-state index in [4.69, 9.17) is 0 Å². The molecule has 20 heavy (non-hydrogen) atoms. The minimum atomic E-state index is 0.230. The molecule has 5 heteroatoms. The lowest BCUT2D eigenvalue weighted by molar-refractivity contribution is -0.131. The van der Waals surface area contributed by atoms with Gasteiger partial charge in [0.1, 0.15) is 0 Å². The van der Waals surface area contributed by atoms with Gasteiger partial charge in [-0.1, -0.05) is 6.07 Å². The third-order valence-electron chi connectivity index (χ3n) is 4.07. The first-order valence-electron chi connectivity index (χ1n) is 7.16. The van der Waals surface area contributed by atoms with Crippen LogP contribution in [0.15, 0.2) is 23.6 Å². The predicted octanol–water partition coefficient (Wildman–Crippen LogP) is 2.41. The van der Waals surface area contributed by atoms with Crippen LogP contribution >= 0.6 is 11.3 Å². The number of thiophene rings is 1. The number of hydrogen-bond donors (Lipinski definition) is 0. The van der Waals surface area contributed by atoms with Gasteiger partial charge in [-0.15, -0.1) is 11.3 Å². The van der Waals surface area contributed by atoms with Gasteiger partial charge in [-0.3, -0.25) is 9.48 Å². The lowest BCUT2D eigenvalue weighted by atomic mass is 10.2. The summed E-state index contributed by atoms with van der Waals surface area (Å²) in [7, 11) is 0. The Balaban J connectivity index is 1.47. The zero-order valence-corrected chi connectivity index (χ0v) is 12.1. The molecule has 0 N–H and O–H groups in total. The van der Waals surface area contributed by atoms with Crippen LogP contribution in [-0.4, -0.2) is 27.1 Å². The van der Waals surface area contributed by atoms with Crippen molar-refractivity contribution in [1.82, 2.24) is 14.7 Å². The van der Waals surface area contributed by atoms with Gasteiger partial charge in [0.25, 0.3) is 0 Å². The normalized spacial score (nSPS) is 18.1. The summed E-state index contributed by atoms with van der Waals surface area (Å²) in [5.41, 5.74) is 2.42. The van der Waals surface area contributed by atoms with Crippen molar-refractivity contribution in [2.75, 3.05) is 6.54 Å². The second kappa shape index (κ2) is 4.74. The van der Waals surface area contributed by atoms with Gasteiger partial charge < -0.3 is 4.90 Å². The van der Waals surface area contributed by atoms with Crippen molar-refractivity contribution < 1.29 is 4.79 Å². The van der Waals surface area contributed by atoms with Crippen molar-refractivity contribution in [3.8, 4) is 0 Å². The van der Waals surface area contributed by atoms with Crippen molar-refractivity contribution >= 4 is 17.2 Å². The lowest BCUT2D eigenvalue weighted by Gasteiger charge is -2.27. The second-order valence-electron chi connectivity index (χ2n) is 5.63. The van der Waals surface area contributed by atoms with Crippen molar-refractivity contribution in [1.29, 1.82) is 0 Å². The Kier molecular flexibility index (Phi) is 2.88. The van der Waals surface area contributed by atoms with Crippen LogP contribution in [0.4, 0.5) is 0 Å². The molecular formula is C15H17N3OS. The summed E-state index contributed by atoms with van der Waals surface area (Å²) in [5.74, 6) is 0.913. The van der Waals surface area contributed by atoms with Gasteiger partial charge in [0.2, 0.25) is 5.91 Å². The van der Waals surface area contributed by atoms with Gasteiger partial charge in [0.05, 0.1) is 30.9 Å². The highest BCUT2D eigenvalue weighted by atomic mass is 32.1. The predicted molar refractivity (Wildman–Crippen MR) is 77.6 cm³/mol. The maximum absolute atomic E-state index is 12.3. The summed E-state index contributed by atoms with van der Waals surface area (Å²) >= 11 is 1.65. The molecule has 1 saturated carbocycles. The van der Waals surface area contributed by atoms with Crippen molar-refractivity contribution in [2.24, 2.45) is 0 Å². The van der Waals surface area contributed by atoms with Crippen LogP contribution in [0, 0.1) is 0 Å². The maximum atomic E-state index is 12.3. The molecule has 0 spiro atoms. The van der Waals surface area contributed by atoms with Crippen LogP contribution in [-0.2, 0) is 24.3 Å². The van der Waals surface area contributed by atoms with Crippen LogP contribution in [0.1, 0.15) is 35.0 Å². The third-order valence-corrected chi connectivity index (χ3v) is 4.95. The molecule has 2 aromatic heterocycles. The smallest absolute Gasteiger partial charge is 0.228 e. The Labute approximate surface area is 122 Å². The minimum absolute atomic E-state index is 0.230. The molecule has 0 aromatic carbocycles. The molecule has 0 saturated heterocycles. The molecule has 0 atom stereocenters. The lowest BCUT2D eigenvalue weighted by Crippen LogP contribution is -2.39. The molecule has 0 bridgehead atoms. The van der Waals surface area contributed by atoms with E-state index in [2.05, 4.69) is 15.8 Å². The number of rotatable bonds is 3. The zero-order valence-electron chi connectivity index (χ0n) is 11.3. The second-order valence-corrected chi connectivity index (χ2v) is 6.66. The summed E-state index contributed by atoms with van der Waals surface area (Å²) in [6, 6.07) is 6.23.